The van der Waals surface area contributed by atoms with Crippen molar-refractivity contribution in [3.05, 3.63) is 62.6 Å². The Hall–Kier alpha value is -0.640. The Kier molecular flexibility index (Phi) is 7.06. The molecule has 0 fully saturated rings. The number of fused-ring (bicyclic) bond motifs is 1. The lowest BCUT2D eigenvalue weighted by atomic mass is 9.83. The number of nitrogen functional groups attached to an aromatic ring is 1. The normalized spacial score (nSPS) is 17.0. The van der Waals surface area contributed by atoms with Crippen LogP contribution in [-0.4, -0.2) is 18.5 Å². The molecule has 0 radical (unpaired) electrons. The maximum Gasteiger partial charge on any atom is 0.0468 e. The van der Waals surface area contributed by atoms with Gasteiger partial charge in [-0.15, -0.1) is 24.8 Å². The van der Waals surface area contributed by atoms with E-state index in [4.69, 9.17) is 28.9 Å². The molecular weight excluding hydrogens is 374 g/mol. The molecule has 1 unspecified atom stereocenters. The molecule has 1 heterocycles. The molecule has 0 amide bonds. The van der Waals surface area contributed by atoms with Crippen LogP contribution in [0.1, 0.15) is 28.2 Å². The van der Waals surface area contributed by atoms with Crippen molar-refractivity contribution in [3.63, 3.8) is 0 Å². The highest BCUT2D eigenvalue weighted by molar-refractivity contribution is 6.35. The van der Waals surface area contributed by atoms with Gasteiger partial charge in [0, 0.05) is 34.7 Å². The largest absolute Gasteiger partial charge is 0.399 e. The first-order valence-electron chi connectivity index (χ1n) is 6.98. The van der Waals surface area contributed by atoms with Gasteiger partial charge in [0.25, 0.3) is 0 Å². The zero-order valence-electron chi connectivity index (χ0n) is 13.0. The molecule has 1 atom stereocenters. The van der Waals surface area contributed by atoms with Crippen molar-refractivity contribution in [2.75, 3.05) is 19.3 Å². The van der Waals surface area contributed by atoms with Gasteiger partial charge >= 0.3 is 0 Å². The first-order chi connectivity index (χ1) is 9.95. The van der Waals surface area contributed by atoms with Crippen LogP contribution in [-0.2, 0) is 6.54 Å². The predicted octanol–water partition coefficient (Wildman–Crippen LogP) is 5.30. The average Bonchev–Trinajstić information content (AvgIpc) is 2.39. The molecule has 6 heteroatoms. The van der Waals surface area contributed by atoms with E-state index in [9.17, 15) is 0 Å². The van der Waals surface area contributed by atoms with E-state index in [-0.39, 0.29) is 30.7 Å². The third-order valence-electron chi connectivity index (χ3n) is 4.16. The molecular formula is C17H20Cl4N2. The SMILES string of the molecule is Cc1cc(N)ccc1C1CN(C)Cc2c(Cl)cc(Cl)cc21.Cl.Cl. The fourth-order valence-corrected chi connectivity index (χ4v) is 3.77. The van der Waals surface area contributed by atoms with Crippen LogP contribution in [0.25, 0.3) is 0 Å². The van der Waals surface area contributed by atoms with Crippen molar-refractivity contribution in [2.45, 2.75) is 19.4 Å². The van der Waals surface area contributed by atoms with Gasteiger partial charge in [0.2, 0.25) is 0 Å². The summed E-state index contributed by atoms with van der Waals surface area (Å²) in [6.07, 6.45) is 0. The first-order valence-corrected chi connectivity index (χ1v) is 7.73. The van der Waals surface area contributed by atoms with Crippen molar-refractivity contribution in [2.24, 2.45) is 0 Å². The molecule has 126 valence electrons. The minimum atomic E-state index is 0. The molecule has 2 N–H and O–H groups in total. The first kappa shape index (κ1) is 20.4. The summed E-state index contributed by atoms with van der Waals surface area (Å²) in [4.78, 5) is 2.29. The lowest BCUT2D eigenvalue weighted by Gasteiger charge is -2.34. The Morgan fingerprint density at radius 2 is 1.78 bits per heavy atom. The number of aryl methyl sites for hydroxylation is 1. The molecule has 0 saturated heterocycles. The lowest BCUT2D eigenvalue weighted by molar-refractivity contribution is 0.295. The number of hydrogen-bond donors (Lipinski definition) is 1. The minimum absolute atomic E-state index is 0. The maximum absolute atomic E-state index is 6.40. The predicted molar refractivity (Wildman–Crippen MR) is 105 cm³/mol. The smallest absolute Gasteiger partial charge is 0.0468 e. The number of hydrogen-bond acceptors (Lipinski definition) is 2. The van der Waals surface area contributed by atoms with Crippen LogP contribution in [0.4, 0.5) is 5.69 Å². The second-order valence-corrected chi connectivity index (χ2v) is 6.66. The molecule has 23 heavy (non-hydrogen) atoms. The average molecular weight is 394 g/mol. The number of halogens is 4. The van der Waals surface area contributed by atoms with E-state index in [2.05, 4.69) is 31.0 Å². The third-order valence-corrected chi connectivity index (χ3v) is 4.72. The summed E-state index contributed by atoms with van der Waals surface area (Å²) in [5.74, 6) is 0.274. The third kappa shape index (κ3) is 4.07. The summed E-state index contributed by atoms with van der Waals surface area (Å²) >= 11 is 12.6. The number of likely N-dealkylation sites (N-methyl/N-ethyl adjacent to an activating group) is 1. The van der Waals surface area contributed by atoms with Crippen LogP contribution in [0.2, 0.25) is 10.0 Å². The van der Waals surface area contributed by atoms with Crippen molar-refractivity contribution in [3.8, 4) is 0 Å². The van der Waals surface area contributed by atoms with Gasteiger partial charge in [0.15, 0.2) is 0 Å². The van der Waals surface area contributed by atoms with Gasteiger partial charge < -0.3 is 10.6 Å². The molecule has 2 nitrogen and oxygen atoms in total. The lowest BCUT2D eigenvalue weighted by Crippen LogP contribution is -2.31. The molecule has 2 aromatic carbocycles. The highest BCUT2D eigenvalue weighted by Gasteiger charge is 2.27. The highest BCUT2D eigenvalue weighted by Crippen LogP contribution is 2.39. The minimum Gasteiger partial charge on any atom is -0.399 e. The molecule has 0 saturated carbocycles. The van der Waals surface area contributed by atoms with E-state index in [0.29, 0.717) is 5.02 Å². The maximum atomic E-state index is 6.40. The second kappa shape index (κ2) is 7.96. The molecule has 1 aliphatic rings. The summed E-state index contributed by atoms with van der Waals surface area (Å²) in [6.45, 7) is 3.91. The van der Waals surface area contributed by atoms with Gasteiger partial charge in [-0.25, -0.2) is 0 Å². The Morgan fingerprint density at radius 3 is 2.43 bits per heavy atom. The molecule has 0 aromatic heterocycles. The van der Waals surface area contributed by atoms with E-state index < -0.39 is 0 Å². The fourth-order valence-electron chi connectivity index (χ4n) is 3.20. The summed E-state index contributed by atoms with van der Waals surface area (Å²) in [6, 6.07) is 9.98. The zero-order chi connectivity index (χ0) is 15.1. The number of nitrogens with two attached hydrogens (primary N) is 1. The van der Waals surface area contributed by atoms with Gasteiger partial charge in [-0.1, -0.05) is 29.3 Å². The summed E-state index contributed by atoms with van der Waals surface area (Å²) in [7, 11) is 2.12. The summed E-state index contributed by atoms with van der Waals surface area (Å²) in [5, 5.41) is 1.45. The fraction of sp³-hybridized carbons (Fsp3) is 0.294. The Labute approximate surface area is 159 Å². The summed E-state index contributed by atoms with van der Waals surface area (Å²) < 4.78 is 0. The topological polar surface area (TPSA) is 29.3 Å². The standard InChI is InChI=1S/C17H18Cl2N2.2ClH/c1-10-5-12(20)3-4-13(10)15-8-21(2)9-16-14(15)6-11(18)7-17(16)19;;/h3-7,15H,8-9,20H2,1-2H3;2*1H. The zero-order valence-corrected chi connectivity index (χ0v) is 16.1. The molecule has 0 spiro atoms. The van der Waals surface area contributed by atoms with Crippen LogP contribution < -0.4 is 5.73 Å². The van der Waals surface area contributed by atoms with Crippen LogP contribution in [0, 0.1) is 6.92 Å². The van der Waals surface area contributed by atoms with Crippen LogP contribution in [0.3, 0.4) is 0 Å². The van der Waals surface area contributed by atoms with Crippen LogP contribution >= 0.6 is 48.0 Å². The summed E-state index contributed by atoms with van der Waals surface area (Å²) in [5.41, 5.74) is 11.6. The van der Waals surface area contributed by atoms with Gasteiger partial charge in [0.05, 0.1) is 0 Å². The Morgan fingerprint density at radius 1 is 1.09 bits per heavy atom. The van der Waals surface area contributed by atoms with Crippen molar-refractivity contribution >= 4 is 53.7 Å². The van der Waals surface area contributed by atoms with Gasteiger partial charge in [-0.05, 0) is 60.5 Å². The Balaban J connectivity index is 0.00000132. The molecule has 0 bridgehead atoms. The van der Waals surface area contributed by atoms with Crippen molar-refractivity contribution in [1.29, 1.82) is 0 Å². The number of rotatable bonds is 1. The van der Waals surface area contributed by atoms with Gasteiger partial charge in [-0.3, -0.25) is 0 Å². The molecule has 2 aromatic rings. The molecule has 1 aliphatic heterocycles. The van der Waals surface area contributed by atoms with Crippen LogP contribution in [0.15, 0.2) is 30.3 Å². The van der Waals surface area contributed by atoms with Crippen molar-refractivity contribution in [1.82, 2.24) is 4.90 Å². The monoisotopic (exact) mass is 392 g/mol. The molecule has 0 aliphatic carbocycles. The van der Waals surface area contributed by atoms with Crippen molar-refractivity contribution < 1.29 is 0 Å². The number of benzene rings is 2. The number of anilines is 1. The van der Waals surface area contributed by atoms with E-state index in [1.54, 1.807) is 0 Å². The van der Waals surface area contributed by atoms with Gasteiger partial charge in [0.1, 0.15) is 0 Å². The van der Waals surface area contributed by atoms with Gasteiger partial charge in [-0.2, -0.15) is 0 Å². The van der Waals surface area contributed by atoms with E-state index in [1.165, 1.54) is 22.3 Å². The highest BCUT2D eigenvalue weighted by atomic mass is 35.5. The molecule has 3 rings (SSSR count). The van der Waals surface area contributed by atoms with Crippen LogP contribution in [0.5, 0.6) is 0 Å². The second-order valence-electron chi connectivity index (χ2n) is 5.82. The van der Waals surface area contributed by atoms with E-state index in [0.717, 1.165) is 23.8 Å². The van der Waals surface area contributed by atoms with E-state index >= 15 is 0 Å². The van der Waals surface area contributed by atoms with E-state index in [1.807, 2.05) is 18.2 Å². The Bertz CT molecular complexity index is 703. The number of nitrogens with zero attached hydrogens (tertiary/aromatic N) is 1. The quantitative estimate of drug-likeness (QED) is 0.665.